The molecule has 0 saturated carbocycles. The molecule has 0 fully saturated rings. The molecule has 1 aliphatic rings. The molecule has 12 rings (SSSR count). The molecule has 236 valence electrons. The van der Waals surface area contributed by atoms with Crippen LogP contribution in [0.3, 0.4) is 0 Å². The van der Waals surface area contributed by atoms with Gasteiger partial charge < -0.3 is 13.6 Å². The van der Waals surface area contributed by atoms with Crippen LogP contribution in [0.15, 0.2) is 174 Å². The number of furan rings is 1. The molecule has 8 aromatic carbocycles. The van der Waals surface area contributed by atoms with Crippen LogP contribution in [0.2, 0.25) is 0 Å². The Labute approximate surface area is 292 Å². The molecule has 1 aliphatic heterocycles. The third-order valence-corrected chi connectivity index (χ3v) is 11.0. The van der Waals surface area contributed by atoms with Crippen LogP contribution in [-0.2, 0) is 0 Å². The molecular weight excluding hydrogens is 621 g/mol. The van der Waals surface area contributed by atoms with Crippen molar-refractivity contribution in [2.75, 3.05) is 0 Å². The number of aromatic nitrogens is 2. The fourth-order valence-electron chi connectivity index (χ4n) is 8.85. The lowest BCUT2D eigenvalue weighted by Gasteiger charge is -2.12. The molecule has 0 spiro atoms. The Bertz CT molecular complexity index is 3260. The number of para-hydroxylation sites is 4. The van der Waals surface area contributed by atoms with Gasteiger partial charge in [0.25, 0.3) is 0 Å². The first-order chi connectivity index (χ1) is 25.3. The fraction of sp³-hybridized carbons (Fsp3) is 0. The average Bonchev–Trinajstić information content (AvgIpc) is 3.82. The van der Waals surface area contributed by atoms with E-state index in [2.05, 4.69) is 167 Å². The first-order valence-electron chi connectivity index (χ1n) is 17.5. The van der Waals surface area contributed by atoms with E-state index >= 15 is 0 Å². The van der Waals surface area contributed by atoms with Crippen LogP contribution < -0.4 is 0 Å². The molecule has 0 aliphatic carbocycles. The van der Waals surface area contributed by atoms with Gasteiger partial charge in [0.1, 0.15) is 11.2 Å². The van der Waals surface area contributed by atoms with Gasteiger partial charge in [0.15, 0.2) is 0 Å². The van der Waals surface area contributed by atoms with E-state index in [1.807, 2.05) is 12.1 Å². The van der Waals surface area contributed by atoms with Gasteiger partial charge in [-0.25, -0.2) is 0 Å². The molecule has 3 aromatic heterocycles. The molecule has 51 heavy (non-hydrogen) atoms. The van der Waals surface area contributed by atoms with Crippen molar-refractivity contribution in [2.24, 2.45) is 0 Å². The van der Waals surface area contributed by atoms with Crippen LogP contribution in [0.4, 0.5) is 0 Å². The maximum Gasteiger partial charge on any atom is 0.135 e. The van der Waals surface area contributed by atoms with Crippen LogP contribution >= 0.6 is 0 Å². The Kier molecular flexibility index (Phi) is 5.23. The third kappa shape index (κ3) is 3.62. The van der Waals surface area contributed by atoms with Crippen molar-refractivity contribution in [1.29, 1.82) is 0 Å². The molecule has 0 radical (unpaired) electrons. The predicted molar refractivity (Wildman–Crippen MR) is 212 cm³/mol. The van der Waals surface area contributed by atoms with E-state index in [0.29, 0.717) is 0 Å². The summed E-state index contributed by atoms with van der Waals surface area (Å²) < 4.78 is 11.1. The molecule has 0 saturated heterocycles. The van der Waals surface area contributed by atoms with Gasteiger partial charge in [-0.15, -0.1) is 0 Å². The molecule has 0 unspecified atom stereocenters. The van der Waals surface area contributed by atoms with Crippen LogP contribution in [0.25, 0.3) is 110 Å². The second kappa shape index (κ2) is 9.87. The number of nitrogens with zero attached hydrogens (tertiary/aromatic N) is 2. The second-order valence-electron chi connectivity index (χ2n) is 13.7. The van der Waals surface area contributed by atoms with E-state index in [9.17, 15) is 0 Å². The van der Waals surface area contributed by atoms with Gasteiger partial charge in [0, 0.05) is 49.1 Å². The van der Waals surface area contributed by atoms with E-state index in [4.69, 9.17) is 4.42 Å². The van der Waals surface area contributed by atoms with E-state index in [1.165, 1.54) is 82.7 Å². The van der Waals surface area contributed by atoms with Gasteiger partial charge in [0.2, 0.25) is 0 Å². The van der Waals surface area contributed by atoms with Crippen molar-refractivity contribution < 1.29 is 4.42 Å². The Balaban J connectivity index is 1.13. The minimum absolute atomic E-state index is 0.907. The molecule has 3 nitrogen and oxygen atoms in total. The summed E-state index contributed by atoms with van der Waals surface area (Å²) in [7, 11) is 0. The Hall–Kier alpha value is -6.84. The number of hydrogen-bond donors (Lipinski definition) is 0. The molecule has 4 heterocycles. The number of rotatable bonds is 2. The SMILES string of the molecule is c1ccc2c(c1)-c1ccccc1-n1c3ccccc3c3cc(-c4ccc5c(c4)c4ccccc4n5-c4ccc5oc6ccccc6c5c4)cc-2c31. The van der Waals surface area contributed by atoms with Gasteiger partial charge in [-0.1, -0.05) is 103 Å². The molecule has 11 aromatic rings. The fourth-order valence-corrected chi connectivity index (χ4v) is 8.85. The van der Waals surface area contributed by atoms with Gasteiger partial charge in [0.05, 0.1) is 27.8 Å². The Morgan fingerprint density at radius 3 is 1.78 bits per heavy atom. The zero-order chi connectivity index (χ0) is 33.2. The number of hydrogen-bond acceptors (Lipinski definition) is 1. The zero-order valence-corrected chi connectivity index (χ0v) is 27.5. The van der Waals surface area contributed by atoms with Crippen molar-refractivity contribution in [3.05, 3.63) is 170 Å². The topological polar surface area (TPSA) is 23.0 Å². The lowest BCUT2D eigenvalue weighted by Crippen LogP contribution is -1.95. The number of fused-ring (bicyclic) bond motifs is 14. The van der Waals surface area contributed by atoms with E-state index in [1.54, 1.807) is 0 Å². The van der Waals surface area contributed by atoms with Crippen LogP contribution in [-0.4, -0.2) is 9.13 Å². The minimum Gasteiger partial charge on any atom is -0.456 e. The molecule has 0 amide bonds. The highest BCUT2D eigenvalue weighted by Gasteiger charge is 2.25. The van der Waals surface area contributed by atoms with Crippen molar-refractivity contribution in [3.8, 4) is 44.8 Å². The second-order valence-corrected chi connectivity index (χ2v) is 13.7. The maximum atomic E-state index is 6.18. The summed E-state index contributed by atoms with van der Waals surface area (Å²) >= 11 is 0. The Morgan fingerprint density at radius 2 is 0.941 bits per heavy atom. The molecule has 3 heteroatoms. The van der Waals surface area contributed by atoms with Crippen molar-refractivity contribution >= 4 is 65.6 Å². The van der Waals surface area contributed by atoms with Crippen LogP contribution in [0.5, 0.6) is 0 Å². The summed E-state index contributed by atoms with van der Waals surface area (Å²) in [6, 6.07) is 62.0. The largest absolute Gasteiger partial charge is 0.456 e. The van der Waals surface area contributed by atoms with Gasteiger partial charge in [-0.3, -0.25) is 0 Å². The summed E-state index contributed by atoms with van der Waals surface area (Å²) in [6.45, 7) is 0. The van der Waals surface area contributed by atoms with E-state index < -0.39 is 0 Å². The van der Waals surface area contributed by atoms with Crippen molar-refractivity contribution in [3.63, 3.8) is 0 Å². The normalized spacial score (nSPS) is 12.3. The van der Waals surface area contributed by atoms with Crippen molar-refractivity contribution in [1.82, 2.24) is 9.13 Å². The summed E-state index contributed by atoms with van der Waals surface area (Å²) in [5.41, 5.74) is 16.5. The lowest BCUT2D eigenvalue weighted by molar-refractivity contribution is 0.669. The molecule has 0 N–H and O–H groups in total. The third-order valence-electron chi connectivity index (χ3n) is 11.0. The quantitative estimate of drug-likeness (QED) is 0.183. The van der Waals surface area contributed by atoms with Gasteiger partial charge in [-0.05, 0) is 89.0 Å². The molecule has 0 bridgehead atoms. The predicted octanol–water partition coefficient (Wildman–Crippen LogP) is 13.1. The molecule has 0 atom stereocenters. The summed E-state index contributed by atoms with van der Waals surface area (Å²) in [5, 5.41) is 7.28. The van der Waals surface area contributed by atoms with Crippen LogP contribution in [0.1, 0.15) is 0 Å². The highest BCUT2D eigenvalue weighted by Crippen LogP contribution is 2.48. The average molecular weight is 649 g/mol. The van der Waals surface area contributed by atoms with Gasteiger partial charge in [-0.2, -0.15) is 0 Å². The highest BCUT2D eigenvalue weighted by atomic mass is 16.3. The zero-order valence-electron chi connectivity index (χ0n) is 27.5. The lowest BCUT2D eigenvalue weighted by atomic mass is 9.91. The highest BCUT2D eigenvalue weighted by molar-refractivity contribution is 6.18. The van der Waals surface area contributed by atoms with Crippen molar-refractivity contribution in [2.45, 2.75) is 0 Å². The van der Waals surface area contributed by atoms with E-state index in [-0.39, 0.29) is 0 Å². The number of benzene rings is 8. The van der Waals surface area contributed by atoms with Crippen LogP contribution in [0, 0.1) is 0 Å². The standard InChI is InChI=1S/C48H28N2O/c1-2-12-33-32(11-1)34-13-3-8-18-43(34)50-44-19-9-5-15-36(44)41-27-30(26-40(33)48(41)50)29-21-23-45-38(25-29)35-14-4-7-17-42(35)49(45)31-22-24-47-39(28-31)37-16-6-10-20-46(37)51-47/h1-28H. The maximum absolute atomic E-state index is 6.18. The molecular formula is C48H28N2O. The minimum atomic E-state index is 0.907. The Morgan fingerprint density at radius 1 is 0.333 bits per heavy atom. The smallest absolute Gasteiger partial charge is 0.135 e. The van der Waals surface area contributed by atoms with Gasteiger partial charge >= 0.3 is 0 Å². The first-order valence-corrected chi connectivity index (χ1v) is 17.5. The monoisotopic (exact) mass is 648 g/mol. The summed E-state index contributed by atoms with van der Waals surface area (Å²) in [6.07, 6.45) is 0. The first kappa shape index (κ1) is 27.0. The summed E-state index contributed by atoms with van der Waals surface area (Å²) in [4.78, 5) is 0. The van der Waals surface area contributed by atoms with E-state index in [0.717, 1.165) is 27.6 Å². The summed E-state index contributed by atoms with van der Waals surface area (Å²) in [5.74, 6) is 0.